The maximum atomic E-state index is 14.9. The second-order valence-corrected chi connectivity index (χ2v) is 9.37. The Hall–Kier alpha value is -1.51. The molecule has 0 aliphatic heterocycles. The van der Waals surface area contributed by atoms with Gasteiger partial charge in [-0.3, -0.25) is 0 Å². The molecule has 11 heteroatoms. The van der Waals surface area contributed by atoms with E-state index < -0.39 is 29.2 Å². The zero-order valence-corrected chi connectivity index (χ0v) is 19.5. The van der Waals surface area contributed by atoms with E-state index in [2.05, 4.69) is 4.72 Å². The van der Waals surface area contributed by atoms with Crippen molar-refractivity contribution in [1.29, 1.82) is 0 Å². The van der Waals surface area contributed by atoms with E-state index in [9.17, 15) is 18.3 Å². The topological polar surface area (TPSA) is 84.1 Å². The van der Waals surface area contributed by atoms with Gasteiger partial charge in [0, 0.05) is 22.0 Å². The molecular weight excluding hydrogens is 562 g/mol. The minimum Gasteiger partial charge on any atom is -0.462 e. The minimum absolute atomic E-state index is 0.0535. The van der Waals surface area contributed by atoms with Crippen LogP contribution in [-0.4, -0.2) is 28.5 Å². The van der Waals surface area contributed by atoms with Crippen LogP contribution >= 0.6 is 34.8 Å². The van der Waals surface area contributed by atoms with Crippen molar-refractivity contribution >= 4 is 51.5 Å². The number of anilines is 1. The molecule has 172 valence electrons. The van der Waals surface area contributed by atoms with E-state index in [4.69, 9.17) is 18.7 Å². The fourth-order valence-corrected chi connectivity index (χ4v) is 4.37. The minimum atomic E-state index is -1.12. The monoisotopic (exact) mass is 581 g/mol. The van der Waals surface area contributed by atoms with Gasteiger partial charge in [0.2, 0.25) is 0 Å². The van der Waals surface area contributed by atoms with Crippen LogP contribution in [0.15, 0.2) is 34.9 Å². The third kappa shape index (κ3) is 5.02. The summed E-state index contributed by atoms with van der Waals surface area (Å²) < 4.78 is 57.8. The Morgan fingerprint density at radius 1 is 1.22 bits per heavy atom. The Kier molecular flexibility index (Phi) is 7.22. The standard InChI is InChI=1S/C21H19F3INO5S/c22-16-8-12(25)2-1-11(16)7-15-18(24)17(23)14-3-6-29-20(14)19(15)26-32-31-30-21(4-5-21)9-13(28)10-27/h1-3,6,8,13,26-28H,4-5,7,9-10H2/t13-/m1/s1. The lowest BCUT2D eigenvalue weighted by atomic mass is 10.0. The van der Waals surface area contributed by atoms with Crippen molar-refractivity contribution in [3.63, 3.8) is 0 Å². The average molecular weight is 581 g/mol. The first kappa shape index (κ1) is 23.6. The fourth-order valence-electron chi connectivity index (χ4n) is 3.41. The number of nitrogens with one attached hydrogen (secondary N) is 1. The molecular formula is C21H19F3INO5S. The Bertz CT molecular complexity index is 1120. The molecule has 1 aromatic heterocycles. The highest BCUT2D eigenvalue weighted by atomic mass is 127. The lowest BCUT2D eigenvalue weighted by Gasteiger charge is -2.18. The molecule has 0 unspecified atom stereocenters. The third-order valence-corrected chi connectivity index (χ3v) is 6.38. The van der Waals surface area contributed by atoms with Crippen LogP contribution < -0.4 is 4.72 Å². The van der Waals surface area contributed by atoms with Crippen molar-refractivity contribution in [3.05, 3.63) is 62.7 Å². The van der Waals surface area contributed by atoms with Crippen LogP contribution in [0.1, 0.15) is 30.4 Å². The second-order valence-electron chi connectivity index (χ2n) is 7.62. The van der Waals surface area contributed by atoms with E-state index in [0.717, 1.165) is 0 Å². The van der Waals surface area contributed by atoms with E-state index in [1.54, 1.807) is 6.07 Å². The van der Waals surface area contributed by atoms with Gasteiger partial charge in [0.15, 0.2) is 17.2 Å². The number of halogens is 4. The predicted octanol–water partition coefficient (Wildman–Crippen LogP) is 5.24. The highest BCUT2D eigenvalue weighted by Crippen LogP contribution is 2.45. The summed E-state index contributed by atoms with van der Waals surface area (Å²) in [5.74, 6) is -2.74. The molecule has 6 nitrogen and oxygen atoms in total. The van der Waals surface area contributed by atoms with Gasteiger partial charge in [0.05, 0.1) is 30.0 Å². The Balaban J connectivity index is 1.55. The van der Waals surface area contributed by atoms with Gasteiger partial charge in [-0.1, -0.05) is 6.07 Å². The zero-order valence-electron chi connectivity index (χ0n) is 16.5. The summed E-state index contributed by atoms with van der Waals surface area (Å²) in [7, 11) is 0. The van der Waals surface area contributed by atoms with Gasteiger partial charge >= 0.3 is 0 Å². The van der Waals surface area contributed by atoms with Gasteiger partial charge in [-0.15, -0.1) is 4.33 Å². The maximum absolute atomic E-state index is 14.9. The lowest BCUT2D eigenvalue weighted by Crippen LogP contribution is -2.24. The van der Waals surface area contributed by atoms with Gasteiger partial charge in [-0.2, -0.15) is 0 Å². The molecule has 2 aromatic carbocycles. The number of furan rings is 1. The first-order valence-electron chi connectivity index (χ1n) is 9.71. The molecule has 0 saturated heterocycles. The molecule has 0 spiro atoms. The van der Waals surface area contributed by atoms with Gasteiger partial charge in [-0.05, 0) is 59.2 Å². The van der Waals surface area contributed by atoms with E-state index in [1.807, 2.05) is 22.6 Å². The lowest BCUT2D eigenvalue weighted by molar-refractivity contribution is -0.251. The number of rotatable bonds is 10. The smallest absolute Gasteiger partial charge is 0.170 e. The molecule has 32 heavy (non-hydrogen) atoms. The molecule has 1 aliphatic carbocycles. The average Bonchev–Trinajstić information content (AvgIpc) is 3.34. The molecule has 0 amide bonds. The first-order chi connectivity index (χ1) is 15.3. The molecule has 1 atom stereocenters. The normalized spacial score (nSPS) is 15.8. The number of fused-ring (bicyclic) bond motifs is 1. The molecule has 3 aromatic rings. The highest BCUT2D eigenvalue weighted by Gasteiger charge is 2.47. The molecule has 1 saturated carbocycles. The van der Waals surface area contributed by atoms with Crippen LogP contribution in [0, 0.1) is 21.0 Å². The van der Waals surface area contributed by atoms with Crippen LogP contribution in [0.3, 0.4) is 0 Å². The summed E-state index contributed by atoms with van der Waals surface area (Å²) >= 11 is 2.57. The second kappa shape index (κ2) is 9.77. The van der Waals surface area contributed by atoms with Crippen molar-refractivity contribution in [2.75, 3.05) is 11.3 Å². The Morgan fingerprint density at radius 3 is 2.69 bits per heavy atom. The first-order valence-corrected chi connectivity index (χ1v) is 11.5. The largest absolute Gasteiger partial charge is 0.462 e. The molecule has 3 N–H and O–H groups in total. The van der Waals surface area contributed by atoms with Crippen molar-refractivity contribution < 1.29 is 37.0 Å². The quantitative estimate of drug-likeness (QED) is 0.0754. The van der Waals surface area contributed by atoms with Crippen LogP contribution in [-0.2, 0) is 15.6 Å². The summed E-state index contributed by atoms with van der Waals surface area (Å²) in [5.41, 5.74) is -0.487. The summed E-state index contributed by atoms with van der Waals surface area (Å²) in [6.45, 7) is -0.389. The molecule has 1 heterocycles. The summed E-state index contributed by atoms with van der Waals surface area (Å²) in [5, 5.41) is 18.5. The number of hydrogen-bond donors (Lipinski definition) is 3. The van der Waals surface area contributed by atoms with Crippen LogP contribution in [0.5, 0.6) is 0 Å². The van der Waals surface area contributed by atoms with Gasteiger partial charge < -0.3 is 19.4 Å². The number of aliphatic hydroxyl groups excluding tert-OH is 2. The SMILES string of the molecule is OC[C@H](O)CC1(OOSNc2c(Cc3ccc(I)cc3F)c(F)c(F)c3ccoc23)CC1. The third-order valence-electron chi connectivity index (χ3n) is 5.29. The van der Waals surface area contributed by atoms with E-state index in [0.29, 0.717) is 28.6 Å². The number of benzene rings is 2. The molecule has 0 radical (unpaired) electrons. The van der Waals surface area contributed by atoms with Gasteiger partial charge in [-0.25, -0.2) is 18.1 Å². The van der Waals surface area contributed by atoms with Crippen LogP contribution in [0.4, 0.5) is 18.9 Å². The maximum Gasteiger partial charge on any atom is 0.170 e. The van der Waals surface area contributed by atoms with Crippen LogP contribution in [0.2, 0.25) is 0 Å². The summed E-state index contributed by atoms with van der Waals surface area (Å²) in [4.78, 5) is 5.34. The Morgan fingerprint density at radius 2 is 2.00 bits per heavy atom. The van der Waals surface area contributed by atoms with E-state index in [-0.39, 0.29) is 47.2 Å². The van der Waals surface area contributed by atoms with Crippen molar-refractivity contribution in [2.45, 2.75) is 37.4 Å². The number of hydrogen-bond acceptors (Lipinski definition) is 7. The van der Waals surface area contributed by atoms with E-state index in [1.165, 1.54) is 24.5 Å². The molecule has 0 bridgehead atoms. The predicted molar refractivity (Wildman–Crippen MR) is 121 cm³/mol. The van der Waals surface area contributed by atoms with Crippen molar-refractivity contribution in [3.8, 4) is 0 Å². The molecule has 4 rings (SSSR count). The van der Waals surface area contributed by atoms with Gasteiger partial charge in [0.1, 0.15) is 23.6 Å². The highest BCUT2D eigenvalue weighted by molar-refractivity contribution is 14.1. The molecule has 1 fully saturated rings. The van der Waals surface area contributed by atoms with Gasteiger partial charge in [0.25, 0.3) is 0 Å². The number of aliphatic hydroxyl groups is 2. The zero-order chi connectivity index (χ0) is 22.9. The van der Waals surface area contributed by atoms with Crippen molar-refractivity contribution in [2.24, 2.45) is 0 Å². The fraction of sp³-hybridized carbons (Fsp3) is 0.333. The Labute approximate surface area is 199 Å². The molecule has 1 aliphatic rings. The summed E-state index contributed by atoms with van der Waals surface area (Å²) in [6, 6.07) is 5.80. The van der Waals surface area contributed by atoms with Crippen LogP contribution in [0.25, 0.3) is 11.0 Å². The summed E-state index contributed by atoms with van der Waals surface area (Å²) in [6.07, 6.45) is 1.58. The van der Waals surface area contributed by atoms with E-state index >= 15 is 0 Å². The van der Waals surface area contributed by atoms with Crippen molar-refractivity contribution in [1.82, 2.24) is 0 Å².